The number of aromatic nitrogens is 2. The number of nitrogens with two attached hydrogens (primary N) is 1. The highest BCUT2D eigenvalue weighted by molar-refractivity contribution is 5.79. The van der Waals surface area contributed by atoms with Gasteiger partial charge >= 0.3 is 5.69 Å². The minimum absolute atomic E-state index is 0.0229. The van der Waals surface area contributed by atoms with Gasteiger partial charge in [0.15, 0.2) is 0 Å². The fraction of sp³-hybridized carbons (Fsp3) is 0.667. The normalized spacial score (nSPS) is 23.9. The van der Waals surface area contributed by atoms with Crippen molar-refractivity contribution in [2.24, 2.45) is 11.7 Å². The third-order valence-corrected chi connectivity index (χ3v) is 5.69. The van der Waals surface area contributed by atoms with Crippen molar-refractivity contribution in [3.05, 3.63) is 32.6 Å². The van der Waals surface area contributed by atoms with Crippen molar-refractivity contribution >= 4 is 11.8 Å². The van der Waals surface area contributed by atoms with Crippen LogP contribution in [0.4, 0.5) is 0 Å². The molecule has 0 aromatic carbocycles. The van der Waals surface area contributed by atoms with Crippen molar-refractivity contribution < 1.29 is 14.7 Å². The third-order valence-electron chi connectivity index (χ3n) is 5.69. The first-order valence-corrected chi connectivity index (χ1v) is 9.56. The Kier molecular flexibility index (Phi) is 5.99. The molecule has 2 saturated heterocycles. The van der Waals surface area contributed by atoms with Crippen LogP contribution in [0.5, 0.6) is 0 Å². The van der Waals surface area contributed by atoms with Gasteiger partial charge < -0.3 is 20.6 Å². The number of primary amides is 1. The molecule has 2 aliphatic heterocycles. The summed E-state index contributed by atoms with van der Waals surface area (Å²) >= 11 is 0. The topological polar surface area (TPSA) is 142 Å². The van der Waals surface area contributed by atoms with Crippen LogP contribution >= 0.6 is 0 Å². The van der Waals surface area contributed by atoms with Crippen molar-refractivity contribution in [3.63, 3.8) is 0 Å². The molecular weight excluding hydrogens is 366 g/mol. The van der Waals surface area contributed by atoms with Crippen LogP contribution in [0.25, 0.3) is 0 Å². The van der Waals surface area contributed by atoms with E-state index < -0.39 is 23.4 Å². The van der Waals surface area contributed by atoms with E-state index in [-0.39, 0.29) is 30.8 Å². The molecule has 4 N–H and O–H groups in total. The average Bonchev–Trinajstić information content (AvgIpc) is 3.04. The number of nitrogens with one attached hydrogen (secondary N) is 1. The lowest BCUT2D eigenvalue weighted by molar-refractivity contribution is -0.136. The van der Waals surface area contributed by atoms with E-state index >= 15 is 0 Å². The Bertz CT molecular complexity index is 855. The number of aliphatic hydroxyl groups excluding tert-OH is 1. The Morgan fingerprint density at radius 2 is 1.93 bits per heavy atom. The van der Waals surface area contributed by atoms with Crippen molar-refractivity contribution in [1.29, 1.82) is 0 Å². The molecule has 10 heteroatoms. The van der Waals surface area contributed by atoms with Crippen LogP contribution in [0.15, 0.2) is 15.8 Å². The maximum absolute atomic E-state index is 12.9. The smallest absolute Gasteiger partial charge is 0.328 e. The van der Waals surface area contributed by atoms with Gasteiger partial charge in [-0.15, -0.1) is 0 Å². The Morgan fingerprint density at radius 3 is 2.57 bits per heavy atom. The molecule has 3 rings (SSSR count). The number of aromatic amines is 1. The van der Waals surface area contributed by atoms with E-state index in [0.717, 1.165) is 13.1 Å². The number of likely N-dealkylation sites (tertiary alicyclic amines) is 2. The lowest BCUT2D eigenvalue weighted by Crippen LogP contribution is -2.43. The van der Waals surface area contributed by atoms with Crippen molar-refractivity contribution in [1.82, 2.24) is 19.4 Å². The number of hydrogen-bond acceptors (Lipinski definition) is 6. The van der Waals surface area contributed by atoms with Crippen molar-refractivity contribution in [3.8, 4) is 0 Å². The molecule has 0 radical (unpaired) electrons. The van der Waals surface area contributed by atoms with Crippen molar-refractivity contribution in [2.45, 2.75) is 38.3 Å². The summed E-state index contributed by atoms with van der Waals surface area (Å²) in [6.07, 6.45) is 2.24. The van der Waals surface area contributed by atoms with Crippen LogP contribution in [0, 0.1) is 12.8 Å². The van der Waals surface area contributed by atoms with E-state index in [4.69, 9.17) is 5.73 Å². The summed E-state index contributed by atoms with van der Waals surface area (Å²) in [5.41, 5.74) is 4.51. The largest absolute Gasteiger partial charge is 0.389 e. The molecule has 0 spiro atoms. The predicted octanol–water partition coefficient (Wildman–Crippen LogP) is -1.82. The fourth-order valence-electron chi connectivity index (χ4n) is 3.99. The Balaban J connectivity index is 1.61. The lowest BCUT2D eigenvalue weighted by Gasteiger charge is -2.32. The number of aryl methyl sites for hydroxylation is 1. The maximum atomic E-state index is 12.9. The molecule has 0 saturated carbocycles. The van der Waals surface area contributed by atoms with E-state index in [1.54, 1.807) is 11.8 Å². The number of aliphatic hydroxyl groups is 1. The van der Waals surface area contributed by atoms with Crippen LogP contribution in [0.1, 0.15) is 30.9 Å². The highest BCUT2D eigenvalue weighted by atomic mass is 16.3. The van der Waals surface area contributed by atoms with Gasteiger partial charge in [0, 0.05) is 43.7 Å². The van der Waals surface area contributed by atoms with Gasteiger partial charge in [-0.05, 0) is 32.9 Å². The molecule has 1 aromatic heterocycles. The molecule has 2 fully saturated rings. The number of H-pyrrole nitrogens is 1. The highest BCUT2D eigenvalue weighted by Gasteiger charge is 2.38. The molecule has 28 heavy (non-hydrogen) atoms. The van der Waals surface area contributed by atoms with Gasteiger partial charge in [0.05, 0.1) is 12.1 Å². The number of carbonyl (C=O) groups excluding carboxylic acids is 2. The number of amides is 2. The molecule has 2 atom stereocenters. The molecule has 0 aliphatic carbocycles. The molecule has 3 heterocycles. The first-order valence-electron chi connectivity index (χ1n) is 9.56. The monoisotopic (exact) mass is 393 g/mol. The maximum Gasteiger partial charge on any atom is 0.328 e. The standard InChI is InChI=1S/C18H27N5O5/c1-11-8-23(18(28)20-16(11)26)13-9-22(10-14(13)24)17(27)12-2-5-21(6-3-12)7-4-15(19)25/h8,12-14,24H,2-7,9-10H2,1H3,(H2,19,25)(H,20,26,28)/t13-,14-/m1/s1. The summed E-state index contributed by atoms with van der Waals surface area (Å²) in [6.45, 7) is 4.04. The fourth-order valence-corrected chi connectivity index (χ4v) is 3.99. The van der Waals surface area contributed by atoms with E-state index in [1.807, 2.05) is 0 Å². The number of piperidine rings is 1. The van der Waals surface area contributed by atoms with E-state index in [0.29, 0.717) is 31.4 Å². The second-order valence-electron chi connectivity index (χ2n) is 7.69. The molecule has 10 nitrogen and oxygen atoms in total. The van der Waals surface area contributed by atoms with Crippen LogP contribution in [-0.2, 0) is 9.59 Å². The summed E-state index contributed by atoms with van der Waals surface area (Å²) in [5.74, 6) is -0.488. The van der Waals surface area contributed by atoms with Gasteiger partial charge in [0.1, 0.15) is 0 Å². The summed E-state index contributed by atoms with van der Waals surface area (Å²) in [7, 11) is 0. The first-order chi connectivity index (χ1) is 13.3. The SMILES string of the molecule is Cc1cn([C@@H]2CN(C(=O)C3CCN(CCC(N)=O)CC3)C[C@H]2O)c(=O)[nH]c1=O. The predicted molar refractivity (Wildman–Crippen MR) is 101 cm³/mol. The van der Waals surface area contributed by atoms with Gasteiger partial charge in [-0.1, -0.05) is 0 Å². The van der Waals surface area contributed by atoms with Gasteiger partial charge in [-0.25, -0.2) is 4.79 Å². The minimum atomic E-state index is -0.873. The Morgan fingerprint density at radius 1 is 1.25 bits per heavy atom. The summed E-state index contributed by atoms with van der Waals surface area (Å²) < 4.78 is 1.31. The number of nitrogens with zero attached hydrogens (tertiary/aromatic N) is 3. The zero-order valence-electron chi connectivity index (χ0n) is 16.0. The number of hydrogen-bond donors (Lipinski definition) is 3. The third kappa shape index (κ3) is 4.33. The van der Waals surface area contributed by atoms with E-state index in [2.05, 4.69) is 9.88 Å². The Hall–Kier alpha value is -2.46. The summed E-state index contributed by atoms with van der Waals surface area (Å²) in [6, 6.07) is -0.581. The van der Waals surface area contributed by atoms with Crippen LogP contribution < -0.4 is 17.0 Å². The summed E-state index contributed by atoms with van der Waals surface area (Å²) in [5, 5.41) is 10.4. The lowest BCUT2D eigenvalue weighted by atomic mass is 9.95. The van der Waals surface area contributed by atoms with Crippen molar-refractivity contribution in [2.75, 3.05) is 32.7 Å². The molecule has 0 bridgehead atoms. The molecule has 2 amide bonds. The molecule has 154 valence electrons. The zero-order chi connectivity index (χ0) is 20.4. The Labute approximate surface area is 161 Å². The second-order valence-corrected chi connectivity index (χ2v) is 7.69. The van der Waals surface area contributed by atoms with Gasteiger partial charge in [0.25, 0.3) is 5.56 Å². The molecule has 0 unspecified atom stereocenters. The zero-order valence-corrected chi connectivity index (χ0v) is 16.0. The quantitative estimate of drug-likeness (QED) is 0.538. The number of rotatable bonds is 5. The van der Waals surface area contributed by atoms with Crippen LogP contribution in [-0.4, -0.2) is 75.1 Å². The highest BCUT2D eigenvalue weighted by Crippen LogP contribution is 2.26. The molecule has 2 aliphatic rings. The van der Waals surface area contributed by atoms with E-state index in [1.165, 1.54) is 10.8 Å². The van der Waals surface area contributed by atoms with E-state index in [9.17, 15) is 24.3 Å². The van der Waals surface area contributed by atoms with Gasteiger partial charge in [0.2, 0.25) is 11.8 Å². The summed E-state index contributed by atoms with van der Waals surface area (Å²) in [4.78, 5) is 53.4. The number of carbonyl (C=O) groups is 2. The molecule has 1 aromatic rings. The van der Waals surface area contributed by atoms with Gasteiger partial charge in [-0.2, -0.15) is 0 Å². The minimum Gasteiger partial charge on any atom is -0.389 e. The number of β-amino-alcohol motifs (C(OH)–C–C–N with tert-alkyl or cyclic N) is 1. The van der Waals surface area contributed by atoms with Crippen LogP contribution in [0.3, 0.4) is 0 Å². The average molecular weight is 393 g/mol. The second kappa shape index (κ2) is 8.27. The van der Waals surface area contributed by atoms with Crippen LogP contribution in [0.2, 0.25) is 0 Å². The van der Waals surface area contributed by atoms with Gasteiger partial charge in [-0.3, -0.25) is 23.9 Å². The first kappa shape index (κ1) is 20.3. The molecular formula is C18H27N5O5.